The molecule has 0 radical (unpaired) electrons. The monoisotopic (exact) mass is 428 g/mol. The number of fused-ring (bicyclic) bond motifs is 2. The number of hydrogen-bond donors (Lipinski definition) is 1. The molecule has 5 rings (SSSR count). The van der Waals surface area contributed by atoms with Gasteiger partial charge in [-0.2, -0.15) is 0 Å². The molecule has 1 N–H and O–H groups in total. The fourth-order valence-electron chi connectivity index (χ4n) is 11.2. The number of aliphatic hydroxyl groups is 1. The quantitative estimate of drug-likeness (QED) is 0.476. The van der Waals surface area contributed by atoms with Crippen LogP contribution in [0, 0.1) is 50.7 Å². The third-order valence-electron chi connectivity index (χ3n) is 12.9. The zero-order chi connectivity index (χ0) is 22.3. The summed E-state index contributed by atoms with van der Waals surface area (Å²) in [6.45, 7) is 15.2. The Morgan fingerprint density at radius 2 is 1.45 bits per heavy atom. The lowest BCUT2D eigenvalue weighted by atomic mass is 9.42. The van der Waals surface area contributed by atoms with Crippen molar-refractivity contribution in [3.8, 4) is 0 Å². The fourth-order valence-corrected chi connectivity index (χ4v) is 11.2. The second kappa shape index (κ2) is 7.23. The first-order valence-electron chi connectivity index (χ1n) is 14.2. The minimum absolute atomic E-state index is 0.0882. The van der Waals surface area contributed by atoms with Gasteiger partial charge in [0.2, 0.25) is 0 Å². The third kappa shape index (κ3) is 3.17. The summed E-state index contributed by atoms with van der Waals surface area (Å²) in [6, 6.07) is 0. The zero-order valence-corrected chi connectivity index (χ0v) is 21.7. The maximum absolute atomic E-state index is 10.8. The van der Waals surface area contributed by atoms with Crippen LogP contribution in [0.15, 0.2) is 0 Å². The molecule has 5 saturated carbocycles. The average Bonchev–Trinajstić information content (AvgIpc) is 3.29. The van der Waals surface area contributed by atoms with Crippen LogP contribution in [0.3, 0.4) is 0 Å². The van der Waals surface area contributed by atoms with Gasteiger partial charge in [-0.3, -0.25) is 0 Å². The molecule has 5 aliphatic rings. The van der Waals surface area contributed by atoms with Crippen LogP contribution >= 0.6 is 0 Å². The van der Waals surface area contributed by atoms with Gasteiger partial charge < -0.3 is 5.11 Å². The van der Waals surface area contributed by atoms with Gasteiger partial charge in [-0.05, 0) is 121 Å². The number of aliphatic hydroxyl groups excluding tert-OH is 1. The molecule has 0 spiro atoms. The fraction of sp³-hybridized carbons (Fsp3) is 1.00. The minimum atomic E-state index is -0.101. The van der Waals surface area contributed by atoms with Gasteiger partial charge in [0, 0.05) is 0 Å². The Hall–Kier alpha value is -0.0400. The van der Waals surface area contributed by atoms with Crippen molar-refractivity contribution in [3.05, 3.63) is 0 Å². The Balaban J connectivity index is 1.43. The second-order valence-electron chi connectivity index (χ2n) is 14.8. The van der Waals surface area contributed by atoms with Gasteiger partial charge in [0.25, 0.3) is 0 Å². The summed E-state index contributed by atoms with van der Waals surface area (Å²) in [4.78, 5) is 0. The molecule has 0 bridgehead atoms. The highest BCUT2D eigenvalue weighted by Crippen LogP contribution is 2.74. The van der Waals surface area contributed by atoms with E-state index in [1.807, 2.05) is 0 Å². The highest BCUT2D eigenvalue weighted by Gasteiger charge is 2.66. The van der Waals surface area contributed by atoms with Crippen LogP contribution in [-0.4, -0.2) is 11.2 Å². The summed E-state index contributed by atoms with van der Waals surface area (Å²) in [6.07, 6.45) is 19.9. The minimum Gasteiger partial charge on any atom is -0.393 e. The van der Waals surface area contributed by atoms with E-state index in [-0.39, 0.29) is 11.5 Å². The van der Waals surface area contributed by atoms with Crippen molar-refractivity contribution in [3.63, 3.8) is 0 Å². The van der Waals surface area contributed by atoms with Crippen molar-refractivity contribution < 1.29 is 5.11 Å². The summed E-state index contributed by atoms with van der Waals surface area (Å²) >= 11 is 0. The maximum atomic E-state index is 10.8. The summed E-state index contributed by atoms with van der Waals surface area (Å²) < 4.78 is 0. The van der Waals surface area contributed by atoms with Crippen LogP contribution in [0.5, 0.6) is 0 Å². The summed E-state index contributed by atoms with van der Waals surface area (Å²) in [5, 5.41) is 10.8. The van der Waals surface area contributed by atoms with Crippen LogP contribution in [0.4, 0.5) is 0 Å². The molecule has 0 aromatic carbocycles. The molecule has 5 aliphatic carbocycles. The number of hydrogen-bond acceptors (Lipinski definition) is 1. The van der Waals surface area contributed by atoms with E-state index in [2.05, 4.69) is 41.5 Å². The molecule has 1 heteroatoms. The van der Waals surface area contributed by atoms with Crippen molar-refractivity contribution in [2.45, 2.75) is 138 Å². The van der Waals surface area contributed by atoms with Crippen molar-refractivity contribution in [2.75, 3.05) is 0 Å². The highest BCUT2D eigenvalue weighted by molar-refractivity contribution is 5.15. The van der Waals surface area contributed by atoms with E-state index in [0.29, 0.717) is 27.6 Å². The lowest BCUT2D eigenvalue weighted by molar-refractivity contribution is -0.161. The molecule has 1 nitrogen and oxygen atoms in total. The topological polar surface area (TPSA) is 20.2 Å². The van der Waals surface area contributed by atoms with Gasteiger partial charge in [0.1, 0.15) is 0 Å². The Kier molecular flexibility index (Phi) is 5.30. The Bertz CT molecular complexity index is 691. The van der Waals surface area contributed by atoms with Gasteiger partial charge in [-0.1, -0.05) is 60.8 Å². The van der Waals surface area contributed by atoms with Crippen LogP contribution < -0.4 is 0 Å². The number of rotatable bonds is 4. The van der Waals surface area contributed by atoms with Gasteiger partial charge >= 0.3 is 0 Å². The molecule has 0 saturated heterocycles. The molecule has 178 valence electrons. The Morgan fingerprint density at radius 3 is 2.13 bits per heavy atom. The predicted octanol–water partition coefficient (Wildman–Crippen LogP) is 8.39. The molecule has 0 aromatic rings. The van der Waals surface area contributed by atoms with Gasteiger partial charge in [0.15, 0.2) is 0 Å². The van der Waals surface area contributed by atoms with Gasteiger partial charge in [0.05, 0.1) is 6.10 Å². The first-order chi connectivity index (χ1) is 14.5. The molecule has 0 heterocycles. The van der Waals surface area contributed by atoms with Crippen molar-refractivity contribution >= 4 is 0 Å². The summed E-state index contributed by atoms with van der Waals surface area (Å²) in [5.74, 6) is 3.64. The van der Waals surface area contributed by atoms with Gasteiger partial charge in [-0.25, -0.2) is 0 Å². The lowest BCUT2D eigenvalue weighted by Gasteiger charge is -2.63. The molecule has 5 fully saturated rings. The second-order valence-corrected chi connectivity index (χ2v) is 14.8. The van der Waals surface area contributed by atoms with E-state index in [4.69, 9.17) is 0 Å². The molecule has 8 unspecified atom stereocenters. The van der Waals surface area contributed by atoms with E-state index in [9.17, 15) is 5.11 Å². The summed E-state index contributed by atoms with van der Waals surface area (Å²) in [5.41, 5.74) is 2.43. The lowest BCUT2D eigenvalue weighted by Crippen LogP contribution is -2.57. The zero-order valence-electron chi connectivity index (χ0n) is 21.7. The normalized spacial score (nSPS) is 52.9. The van der Waals surface area contributed by atoms with E-state index < -0.39 is 0 Å². The molecule has 31 heavy (non-hydrogen) atoms. The molecular formula is C30H52O. The largest absolute Gasteiger partial charge is 0.393 e. The van der Waals surface area contributed by atoms with Crippen LogP contribution in [0.2, 0.25) is 0 Å². The maximum Gasteiger partial charge on any atom is 0.0594 e. The van der Waals surface area contributed by atoms with Crippen LogP contribution in [-0.2, 0) is 0 Å². The smallest absolute Gasteiger partial charge is 0.0594 e. The van der Waals surface area contributed by atoms with Crippen molar-refractivity contribution in [1.82, 2.24) is 0 Å². The first-order valence-corrected chi connectivity index (χ1v) is 14.2. The molecular weight excluding hydrogens is 376 g/mol. The highest BCUT2D eigenvalue weighted by atomic mass is 16.3. The standard InChI is InChI=1S/C30H52O/c1-7-9-21-22(11-17-30(29(6)18-19-29)14-8-10-23(21)30)27(4)15-12-24-26(2,3)25(31)13-16-28(24,5)20-27/h21-25,31H,7-20H2,1-6H3. The Labute approximate surface area is 193 Å². The van der Waals surface area contributed by atoms with Crippen LogP contribution in [0.25, 0.3) is 0 Å². The predicted molar refractivity (Wildman–Crippen MR) is 131 cm³/mol. The van der Waals surface area contributed by atoms with Gasteiger partial charge in [-0.15, -0.1) is 0 Å². The molecule has 0 amide bonds. The van der Waals surface area contributed by atoms with Crippen molar-refractivity contribution in [1.29, 1.82) is 0 Å². The van der Waals surface area contributed by atoms with E-state index in [0.717, 1.165) is 24.2 Å². The van der Waals surface area contributed by atoms with Crippen molar-refractivity contribution in [2.24, 2.45) is 50.7 Å². The summed E-state index contributed by atoms with van der Waals surface area (Å²) in [7, 11) is 0. The van der Waals surface area contributed by atoms with Crippen LogP contribution in [0.1, 0.15) is 131 Å². The van der Waals surface area contributed by atoms with E-state index in [1.165, 1.54) is 70.6 Å². The van der Waals surface area contributed by atoms with E-state index in [1.54, 1.807) is 12.8 Å². The molecule has 0 aromatic heterocycles. The molecule has 0 aliphatic heterocycles. The van der Waals surface area contributed by atoms with E-state index >= 15 is 0 Å². The average molecular weight is 429 g/mol. The Morgan fingerprint density at radius 1 is 0.742 bits per heavy atom. The first kappa shape index (κ1) is 22.7. The SMILES string of the molecule is CCCC1C(C2(C)CCC3C(C)(CCC(O)C3(C)C)C2)CCC2(C3(C)CC3)CCCC12. The molecule has 8 atom stereocenters. The third-order valence-corrected chi connectivity index (χ3v) is 12.9.